The van der Waals surface area contributed by atoms with E-state index >= 15 is 0 Å². The summed E-state index contributed by atoms with van der Waals surface area (Å²) in [5, 5.41) is 0. The van der Waals surface area contributed by atoms with Gasteiger partial charge in [0.05, 0.1) is 17.7 Å². The van der Waals surface area contributed by atoms with Gasteiger partial charge in [0.15, 0.2) is 5.78 Å². The molecule has 0 spiro atoms. The van der Waals surface area contributed by atoms with Crippen LogP contribution in [0.15, 0.2) is 24.3 Å². The topological polar surface area (TPSA) is 29.5 Å². The first-order valence-corrected chi connectivity index (χ1v) is 5.85. The number of ether oxygens (including phenoxy) is 1. The van der Waals surface area contributed by atoms with Crippen molar-refractivity contribution < 1.29 is 9.53 Å². The first-order chi connectivity index (χ1) is 7.91. The van der Waals surface area contributed by atoms with Crippen molar-refractivity contribution in [3.05, 3.63) is 29.8 Å². The van der Waals surface area contributed by atoms with E-state index < -0.39 is 5.54 Å². The van der Waals surface area contributed by atoms with E-state index in [0.29, 0.717) is 17.9 Å². The lowest BCUT2D eigenvalue weighted by Crippen LogP contribution is -2.45. The largest absolute Gasteiger partial charge is 0.493 e. The highest BCUT2D eigenvalue weighted by Crippen LogP contribution is 2.25. The molecule has 0 saturated heterocycles. The van der Waals surface area contributed by atoms with Gasteiger partial charge in [-0.15, -0.1) is 0 Å². The maximum Gasteiger partial charge on any atom is 0.186 e. The Morgan fingerprint density at radius 1 is 1.29 bits per heavy atom. The van der Waals surface area contributed by atoms with Gasteiger partial charge in [0.1, 0.15) is 5.75 Å². The van der Waals surface area contributed by atoms with Crippen LogP contribution in [0.2, 0.25) is 0 Å². The van der Waals surface area contributed by atoms with Crippen LogP contribution < -0.4 is 4.74 Å². The van der Waals surface area contributed by atoms with E-state index in [1.165, 1.54) is 0 Å². The maximum absolute atomic E-state index is 12.5. The van der Waals surface area contributed by atoms with E-state index in [1.807, 2.05) is 64.0 Å². The number of likely N-dealkylation sites (N-methyl/N-ethyl adjacent to an activating group) is 1. The second-order valence-electron chi connectivity index (χ2n) is 4.71. The van der Waals surface area contributed by atoms with Gasteiger partial charge in [0.2, 0.25) is 0 Å². The van der Waals surface area contributed by atoms with Crippen LogP contribution in [-0.4, -0.2) is 36.9 Å². The Morgan fingerprint density at radius 3 is 2.41 bits per heavy atom. The van der Waals surface area contributed by atoms with Gasteiger partial charge < -0.3 is 4.74 Å². The van der Waals surface area contributed by atoms with Crippen molar-refractivity contribution in [2.75, 3.05) is 20.7 Å². The van der Waals surface area contributed by atoms with E-state index in [0.717, 1.165) is 0 Å². The Balaban J connectivity index is 3.12. The van der Waals surface area contributed by atoms with E-state index in [2.05, 4.69) is 0 Å². The molecular weight excluding hydrogens is 214 g/mol. The molecule has 0 bridgehead atoms. The molecule has 1 aromatic carbocycles. The summed E-state index contributed by atoms with van der Waals surface area (Å²) < 4.78 is 5.49. The monoisotopic (exact) mass is 235 g/mol. The van der Waals surface area contributed by atoms with Crippen LogP contribution in [-0.2, 0) is 0 Å². The van der Waals surface area contributed by atoms with E-state index in [-0.39, 0.29) is 5.78 Å². The van der Waals surface area contributed by atoms with Gasteiger partial charge in [-0.05, 0) is 47.0 Å². The molecule has 0 N–H and O–H groups in total. The zero-order valence-corrected chi connectivity index (χ0v) is 11.3. The Bertz CT molecular complexity index is 397. The Hall–Kier alpha value is -1.35. The SMILES string of the molecule is CCOc1ccccc1C(=O)C(C)(C)N(C)C. The third-order valence-corrected chi connectivity index (χ3v) is 3.11. The van der Waals surface area contributed by atoms with Crippen molar-refractivity contribution in [3.63, 3.8) is 0 Å². The second-order valence-corrected chi connectivity index (χ2v) is 4.71. The Kier molecular flexibility index (Phi) is 4.29. The number of carbonyl (C=O) groups excluding carboxylic acids is 1. The van der Waals surface area contributed by atoms with Crippen molar-refractivity contribution in [1.29, 1.82) is 0 Å². The zero-order chi connectivity index (χ0) is 13.1. The van der Waals surface area contributed by atoms with Crippen LogP contribution in [0.1, 0.15) is 31.1 Å². The van der Waals surface area contributed by atoms with E-state index in [1.54, 1.807) is 0 Å². The first-order valence-electron chi connectivity index (χ1n) is 5.85. The van der Waals surface area contributed by atoms with Gasteiger partial charge in [-0.25, -0.2) is 0 Å². The van der Waals surface area contributed by atoms with Gasteiger partial charge in [-0.3, -0.25) is 9.69 Å². The molecule has 0 heterocycles. The third-order valence-electron chi connectivity index (χ3n) is 3.11. The minimum atomic E-state index is -0.535. The normalized spacial score (nSPS) is 11.6. The lowest BCUT2D eigenvalue weighted by atomic mass is 9.91. The fourth-order valence-electron chi connectivity index (χ4n) is 1.47. The minimum absolute atomic E-state index is 0.0755. The van der Waals surface area contributed by atoms with Gasteiger partial charge >= 0.3 is 0 Å². The molecular formula is C14H21NO2. The molecule has 0 amide bonds. The molecule has 1 aromatic rings. The highest BCUT2D eigenvalue weighted by atomic mass is 16.5. The summed E-state index contributed by atoms with van der Waals surface area (Å²) in [6, 6.07) is 7.40. The van der Waals surface area contributed by atoms with Gasteiger partial charge in [-0.1, -0.05) is 12.1 Å². The number of para-hydroxylation sites is 1. The first kappa shape index (κ1) is 13.7. The third kappa shape index (κ3) is 2.86. The number of benzene rings is 1. The van der Waals surface area contributed by atoms with E-state index in [4.69, 9.17) is 4.74 Å². The van der Waals surface area contributed by atoms with Crippen molar-refractivity contribution >= 4 is 5.78 Å². The molecule has 3 nitrogen and oxygen atoms in total. The summed E-state index contributed by atoms with van der Waals surface area (Å²) in [6.07, 6.45) is 0. The van der Waals surface area contributed by atoms with Gasteiger partial charge in [0.25, 0.3) is 0 Å². The molecule has 0 fully saturated rings. The fourth-order valence-corrected chi connectivity index (χ4v) is 1.47. The molecule has 0 saturated carbocycles. The number of carbonyl (C=O) groups is 1. The number of rotatable bonds is 5. The van der Waals surface area contributed by atoms with Crippen LogP contribution in [0.3, 0.4) is 0 Å². The number of Topliss-reactive ketones (excluding diaryl/α,β-unsaturated/α-hetero) is 1. The van der Waals surface area contributed by atoms with Gasteiger partial charge in [-0.2, -0.15) is 0 Å². The molecule has 0 aliphatic heterocycles. The highest BCUT2D eigenvalue weighted by Gasteiger charge is 2.32. The second kappa shape index (κ2) is 5.32. The van der Waals surface area contributed by atoms with E-state index in [9.17, 15) is 4.79 Å². The predicted molar refractivity (Wildman–Crippen MR) is 69.7 cm³/mol. The van der Waals surface area contributed by atoms with Crippen molar-refractivity contribution in [2.24, 2.45) is 0 Å². The lowest BCUT2D eigenvalue weighted by molar-refractivity contribution is 0.0751. The van der Waals surface area contributed by atoms with Crippen LogP contribution >= 0.6 is 0 Å². The number of hydrogen-bond donors (Lipinski definition) is 0. The van der Waals surface area contributed by atoms with Crippen molar-refractivity contribution in [3.8, 4) is 5.75 Å². The number of nitrogens with zero attached hydrogens (tertiary/aromatic N) is 1. The summed E-state index contributed by atoms with van der Waals surface area (Å²) in [5.74, 6) is 0.737. The molecule has 0 aliphatic carbocycles. The van der Waals surface area contributed by atoms with Crippen molar-refractivity contribution in [2.45, 2.75) is 26.3 Å². The van der Waals surface area contributed by atoms with Crippen LogP contribution in [0.25, 0.3) is 0 Å². The Labute approximate surface area is 103 Å². The maximum atomic E-state index is 12.5. The average molecular weight is 235 g/mol. The standard InChI is InChI=1S/C14H21NO2/c1-6-17-12-10-8-7-9-11(12)13(16)14(2,3)15(4)5/h7-10H,6H2,1-5H3. The van der Waals surface area contributed by atoms with Crippen LogP contribution in [0, 0.1) is 0 Å². The summed E-state index contributed by atoms with van der Waals surface area (Å²) in [7, 11) is 3.81. The minimum Gasteiger partial charge on any atom is -0.493 e. The molecule has 94 valence electrons. The quantitative estimate of drug-likeness (QED) is 0.735. The summed E-state index contributed by atoms with van der Waals surface area (Å²) in [6.45, 7) is 6.31. The number of ketones is 1. The molecule has 0 aliphatic rings. The smallest absolute Gasteiger partial charge is 0.186 e. The predicted octanol–water partition coefficient (Wildman–Crippen LogP) is 2.61. The molecule has 17 heavy (non-hydrogen) atoms. The number of hydrogen-bond acceptors (Lipinski definition) is 3. The summed E-state index contributed by atoms with van der Waals surface area (Å²) >= 11 is 0. The molecule has 0 unspecified atom stereocenters. The molecule has 3 heteroatoms. The summed E-state index contributed by atoms with van der Waals surface area (Å²) in [5.41, 5.74) is 0.112. The Morgan fingerprint density at radius 2 is 1.88 bits per heavy atom. The van der Waals surface area contributed by atoms with Crippen molar-refractivity contribution in [1.82, 2.24) is 4.90 Å². The van der Waals surface area contributed by atoms with Crippen LogP contribution in [0.4, 0.5) is 0 Å². The highest BCUT2D eigenvalue weighted by molar-refractivity contribution is 6.04. The molecule has 1 rings (SSSR count). The lowest BCUT2D eigenvalue weighted by Gasteiger charge is -2.31. The average Bonchev–Trinajstić information content (AvgIpc) is 2.29. The zero-order valence-electron chi connectivity index (χ0n) is 11.3. The fraction of sp³-hybridized carbons (Fsp3) is 0.500. The molecule has 0 radical (unpaired) electrons. The summed E-state index contributed by atoms with van der Waals surface area (Å²) in [4.78, 5) is 14.4. The van der Waals surface area contributed by atoms with Gasteiger partial charge in [0, 0.05) is 0 Å². The molecule has 0 aromatic heterocycles. The van der Waals surface area contributed by atoms with Crippen LogP contribution in [0.5, 0.6) is 5.75 Å². The molecule has 0 atom stereocenters.